The number of morpholine rings is 1. The number of nitrogens with zero attached hydrogens (tertiary/aromatic N) is 1. The van der Waals surface area contributed by atoms with Crippen LogP contribution in [0.1, 0.15) is 37.6 Å². The number of ether oxygens (including phenoxy) is 1. The molecule has 10 heteroatoms. The van der Waals surface area contributed by atoms with Crippen LogP contribution in [0.15, 0.2) is 29.2 Å². The minimum Gasteiger partial charge on any atom is -0.373 e. The van der Waals surface area contributed by atoms with Gasteiger partial charge >= 0.3 is 0 Å². The van der Waals surface area contributed by atoms with Gasteiger partial charge in [0, 0.05) is 18.7 Å². The Morgan fingerprint density at radius 1 is 1.25 bits per heavy atom. The Morgan fingerprint density at radius 3 is 2.46 bits per heavy atom. The van der Waals surface area contributed by atoms with E-state index in [1.807, 2.05) is 13.8 Å². The summed E-state index contributed by atoms with van der Waals surface area (Å²) in [5.41, 5.74) is -0.666. The molecule has 1 amide bonds. The molecule has 1 N–H and O–H groups in total. The lowest BCUT2D eigenvalue weighted by Gasteiger charge is -2.34. The molecule has 2 aliphatic rings. The van der Waals surface area contributed by atoms with E-state index in [1.165, 1.54) is 28.6 Å². The Hall–Kier alpha value is -1.49. The van der Waals surface area contributed by atoms with Gasteiger partial charge in [0.2, 0.25) is 10.0 Å². The van der Waals surface area contributed by atoms with E-state index < -0.39 is 31.3 Å². The zero-order valence-electron chi connectivity index (χ0n) is 16.2. The van der Waals surface area contributed by atoms with Crippen LogP contribution in [0.3, 0.4) is 0 Å². The van der Waals surface area contributed by atoms with Crippen LogP contribution in [0.5, 0.6) is 0 Å². The van der Waals surface area contributed by atoms with Gasteiger partial charge in [0.1, 0.15) is 0 Å². The van der Waals surface area contributed by atoms with E-state index in [9.17, 15) is 21.6 Å². The van der Waals surface area contributed by atoms with Gasteiger partial charge < -0.3 is 10.1 Å². The Bertz CT molecular complexity index is 966. The maximum atomic E-state index is 13.0. The van der Waals surface area contributed by atoms with E-state index in [2.05, 4.69) is 5.32 Å². The van der Waals surface area contributed by atoms with E-state index in [4.69, 9.17) is 4.74 Å². The third-order valence-electron chi connectivity index (χ3n) is 5.04. The third kappa shape index (κ3) is 4.56. The number of nitrogens with one attached hydrogen (secondary N) is 1. The van der Waals surface area contributed by atoms with Gasteiger partial charge in [-0.1, -0.05) is 6.07 Å². The van der Waals surface area contributed by atoms with Crippen molar-refractivity contribution in [2.24, 2.45) is 0 Å². The molecule has 3 atom stereocenters. The van der Waals surface area contributed by atoms with Crippen molar-refractivity contribution < 1.29 is 26.4 Å². The summed E-state index contributed by atoms with van der Waals surface area (Å²) in [5.74, 6) is -0.570. The molecule has 2 fully saturated rings. The number of benzene rings is 1. The average Bonchev–Trinajstić information content (AvgIpc) is 2.87. The van der Waals surface area contributed by atoms with E-state index >= 15 is 0 Å². The fraction of sp³-hybridized carbons (Fsp3) is 0.611. The SMILES string of the molecule is C[C@@H]1CN(S(=O)(=O)c2cccc(C(=O)N[C@@]3(C)CCS(=O)(=O)C3)c2)C[C@@H](C)O1. The van der Waals surface area contributed by atoms with Gasteiger partial charge in [0.25, 0.3) is 5.91 Å². The first-order chi connectivity index (χ1) is 12.9. The van der Waals surface area contributed by atoms with Crippen LogP contribution < -0.4 is 5.32 Å². The second-order valence-electron chi connectivity index (χ2n) is 7.96. The molecule has 0 saturated carbocycles. The molecule has 0 aromatic heterocycles. The van der Waals surface area contributed by atoms with Gasteiger partial charge in [-0.15, -0.1) is 0 Å². The molecule has 8 nitrogen and oxygen atoms in total. The molecular weight excluding hydrogens is 404 g/mol. The first-order valence-electron chi connectivity index (χ1n) is 9.19. The molecule has 28 heavy (non-hydrogen) atoms. The molecular formula is C18H26N2O6S2. The topological polar surface area (TPSA) is 110 Å². The van der Waals surface area contributed by atoms with Crippen molar-refractivity contribution in [3.05, 3.63) is 29.8 Å². The van der Waals surface area contributed by atoms with Crippen LogP contribution in [0.2, 0.25) is 0 Å². The second kappa shape index (κ2) is 7.40. The molecule has 0 spiro atoms. The Morgan fingerprint density at radius 2 is 1.89 bits per heavy atom. The van der Waals surface area contributed by atoms with Crippen molar-refractivity contribution in [1.29, 1.82) is 0 Å². The van der Waals surface area contributed by atoms with Crippen molar-refractivity contribution in [1.82, 2.24) is 9.62 Å². The first kappa shape index (κ1) is 21.2. The minimum atomic E-state index is -3.77. The highest BCUT2D eigenvalue weighted by molar-refractivity contribution is 7.91. The van der Waals surface area contributed by atoms with Crippen molar-refractivity contribution in [3.8, 4) is 0 Å². The van der Waals surface area contributed by atoms with Crippen LogP contribution in [-0.2, 0) is 24.6 Å². The van der Waals surface area contributed by atoms with Gasteiger partial charge in [-0.25, -0.2) is 16.8 Å². The fourth-order valence-corrected chi connectivity index (χ4v) is 7.46. The molecule has 0 unspecified atom stereocenters. The van der Waals surface area contributed by atoms with Gasteiger partial charge in [0.05, 0.1) is 34.1 Å². The highest BCUT2D eigenvalue weighted by Crippen LogP contribution is 2.25. The van der Waals surface area contributed by atoms with E-state index in [1.54, 1.807) is 6.92 Å². The van der Waals surface area contributed by atoms with Crippen LogP contribution in [-0.4, -0.2) is 69.4 Å². The standard InChI is InChI=1S/C18H26N2O6S2/c1-13-10-20(11-14(2)26-13)28(24,25)16-6-4-5-15(9-16)17(21)19-18(3)7-8-27(22,23)12-18/h4-6,9,13-14H,7-8,10-12H2,1-3H3,(H,19,21)/t13-,14-,18+/m1/s1. The maximum Gasteiger partial charge on any atom is 0.251 e. The molecule has 2 saturated heterocycles. The second-order valence-corrected chi connectivity index (χ2v) is 12.1. The lowest BCUT2D eigenvalue weighted by molar-refractivity contribution is -0.0440. The summed E-state index contributed by atoms with van der Waals surface area (Å²) in [4.78, 5) is 12.7. The lowest BCUT2D eigenvalue weighted by atomic mass is 10.0. The molecule has 0 radical (unpaired) electrons. The molecule has 3 rings (SSSR count). The number of carbonyl (C=O) groups is 1. The summed E-state index contributed by atoms with van der Waals surface area (Å²) in [5, 5.41) is 2.75. The summed E-state index contributed by atoms with van der Waals surface area (Å²) in [6.07, 6.45) is -0.0913. The summed E-state index contributed by atoms with van der Waals surface area (Å²) >= 11 is 0. The van der Waals surface area contributed by atoms with E-state index in [-0.39, 0.29) is 47.3 Å². The molecule has 2 heterocycles. The zero-order valence-corrected chi connectivity index (χ0v) is 17.8. The highest BCUT2D eigenvalue weighted by atomic mass is 32.2. The molecule has 0 bridgehead atoms. The Balaban J connectivity index is 1.81. The minimum absolute atomic E-state index is 0.0330. The quantitative estimate of drug-likeness (QED) is 0.756. The summed E-state index contributed by atoms with van der Waals surface area (Å²) < 4.78 is 56.4. The summed E-state index contributed by atoms with van der Waals surface area (Å²) in [6.45, 7) is 5.82. The van der Waals surface area contributed by atoms with Crippen LogP contribution in [0, 0.1) is 0 Å². The summed E-state index contributed by atoms with van der Waals surface area (Å²) in [7, 11) is -6.93. The molecule has 156 valence electrons. The predicted molar refractivity (Wildman–Crippen MR) is 104 cm³/mol. The predicted octanol–water partition coefficient (Wildman–Crippen LogP) is 0.792. The molecule has 1 aromatic carbocycles. The van der Waals surface area contributed by atoms with Crippen molar-refractivity contribution in [2.45, 2.75) is 49.8 Å². The van der Waals surface area contributed by atoms with Gasteiger partial charge in [-0.05, 0) is 45.4 Å². The van der Waals surface area contributed by atoms with E-state index in [0.29, 0.717) is 6.42 Å². The largest absolute Gasteiger partial charge is 0.373 e. The summed E-state index contributed by atoms with van der Waals surface area (Å²) in [6, 6.07) is 5.83. The average molecular weight is 431 g/mol. The zero-order chi connectivity index (χ0) is 20.7. The number of rotatable bonds is 4. The number of hydrogen-bond donors (Lipinski definition) is 1. The highest BCUT2D eigenvalue weighted by Gasteiger charge is 2.40. The molecule has 2 aliphatic heterocycles. The van der Waals surface area contributed by atoms with Crippen molar-refractivity contribution in [3.63, 3.8) is 0 Å². The normalized spacial score (nSPS) is 30.8. The van der Waals surface area contributed by atoms with Crippen LogP contribution in [0.4, 0.5) is 0 Å². The molecule has 1 aromatic rings. The first-order valence-corrected chi connectivity index (χ1v) is 12.4. The number of sulfone groups is 1. The molecule has 0 aliphatic carbocycles. The van der Waals surface area contributed by atoms with E-state index in [0.717, 1.165) is 0 Å². The lowest BCUT2D eigenvalue weighted by Crippen LogP contribution is -2.48. The van der Waals surface area contributed by atoms with Crippen LogP contribution in [0.25, 0.3) is 0 Å². The maximum absolute atomic E-state index is 13.0. The third-order valence-corrected chi connectivity index (χ3v) is 8.77. The number of hydrogen-bond acceptors (Lipinski definition) is 6. The van der Waals surface area contributed by atoms with Crippen molar-refractivity contribution >= 4 is 25.8 Å². The smallest absolute Gasteiger partial charge is 0.251 e. The number of carbonyl (C=O) groups excluding carboxylic acids is 1. The van der Waals surface area contributed by atoms with Gasteiger partial charge in [0.15, 0.2) is 9.84 Å². The monoisotopic (exact) mass is 430 g/mol. The number of amides is 1. The fourth-order valence-electron chi connectivity index (χ4n) is 3.73. The van der Waals surface area contributed by atoms with Gasteiger partial charge in [-0.2, -0.15) is 4.31 Å². The van der Waals surface area contributed by atoms with Crippen molar-refractivity contribution in [2.75, 3.05) is 24.6 Å². The van der Waals surface area contributed by atoms with Crippen LogP contribution >= 0.6 is 0 Å². The van der Waals surface area contributed by atoms with Gasteiger partial charge in [-0.3, -0.25) is 4.79 Å². The Labute approximate surface area is 166 Å². The number of sulfonamides is 1. The Kier molecular flexibility index (Phi) is 5.61.